The number of benzene rings is 2. The number of rotatable bonds is 4. The van der Waals surface area contributed by atoms with Crippen molar-refractivity contribution >= 4 is 0 Å². The van der Waals surface area contributed by atoms with Gasteiger partial charge in [0.15, 0.2) is 11.6 Å². The van der Waals surface area contributed by atoms with Gasteiger partial charge >= 0.3 is 0 Å². The summed E-state index contributed by atoms with van der Waals surface area (Å²) in [5.74, 6) is 0.208. The van der Waals surface area contributed by atoms with Crippen LogP contribution in [0.1, 0.15) is 24.1 Å². The molecule has 1 atom stereocenters. The Bertz CT molecular complexity index is 553. The second-order valence-electron chi connectivity index (χ2n) is 4.35. The minimum atomic E-state index is -0.443. The molecule has 0 aromatic heterocycles. The molecule has 2 aromatic rings. The summed E-state index contributed by atoms with van der Waals surface area (Å²) in [6.07, 6.45) is 0. The Balaban J connectivity index is 2.31. The van der Waals surface area contributed by atoms with E-state index in [9.17, 15) is 4.39 Å². The van der Waals surface area contributed by atoms with Crippen LogP contribution in [0.4, 0.5) is 4.39 Å². The molecule has 4 heteroatoms. The van der Waals surface area contributed by atoms with Crippen molar-refractivity contribution in [3.8, 4) is 11.5 Å². The van der Waals surface area contributed by atoms with Gasteiger partial charge in [0.1, 0.15) is 5.75 Å². The molecule has 0 heterocycles. The zero-order valence-corrected chi connectivity index (χ0v) is 10.6. The van der Waals surface area contributed by atoms with Crippen molar-refractivity contribution < 1.29 is 14.2 Å². The third-order valence-corrected chi connectivity index (χ3v) is 2.81. The highest BCUT2D eigenvalue weighted by molar-refractivity contribution is 5.41. The van der Waals surface area contributed by atoms with Crippen LogP contribution in [0.5, 0.6) is 11.5 Å². The van der Waals surface area contributed by atoms with Crippen LogP contribution in [0, 0.1) is 5.82 Å². The van der Waals surface area contributed by atoms with Crippen LogP contribution < -0.4 is 10.5 Å². The van der Waals surface area contributed by atoms with E-state index in [0.29, 0.717) is 11.3 Å². The summed E-state index contributed by atoms with van der Waals surface area (Å²) in [6.45, 7) is 1.74. The standard InChI is InChI=1S/C15H16FNO2/c1-10(17)13-3-2-4-14(16)15(13)19-12-7-5-11(9-18)6-8-12/h2-8,10,18H,9,17H2,1H3/t10-/m1/s1. The average molecular weight is 261 g/mol. The van der Waals surface area contributed by atoms with E-state index in [-0.39, 0.29) is 18.4 Å². The highest BCUT2D eigenvalue weighted by atomic mass is 19.1. The molecule has 0 aliphatic heterocycles. The molecule has 0 aliphatic rings. The average Bonchev–Trinajstić information content (AvgIpc) is 2.41. The lowest BCUT2D eigenvalue weighted by atomic mass is 10.1. The first-order valence-electron chi connectivity index (χ1n) is 6.03. The second-order valence-corrected chi connectivity index (χ2v) is 4.35. The third kappa shape index (κ3) is 3.10. The van der Waals surface area contributed by atoms with Gasteiger partial charge in [0.05, 0.1) is 6.61 Å². The number of ether oxygens (including phenoxy) is 1. The number of nitrogens with two attached hydrogens (primary N) is 1. The molecular weight excluding hydrogens is 245 g/mol. The fourth-order valence-electron chi connectivity index (χ4n) is 1.77. The van der Waals surface area contributed by atoms with Crippen LogP contribution in [0.15, 0.2) is 42.5 Å². The van der Waals surface area contributed by atoms with Crippen molar-refractivity contribution in [2.45, 2.75) is 19.6 Å². The Labute approximate surface area is 111 Å². The maximum Gasteiger partial charge on any atom is 0.167 e. The lowest BCUT2D eigenvalue weighted by Crippen LogP contribution is -2.07. The molecule has 0 radical (unpaired) electrons. The van der Waals surface area contributed by atoms with Gasteiger partial charge in [-0.1, -0.05) is 24.3 Å². The first kappa shape index (κ1) is 13.5. The molecule has 3 N–H and O–H groups in total. The number of aliphatic hydroxyl groups is 1. The van der Waals surface area contributed by atoms with E-state index in [1.54, 1.807) is 43.3 Å². The Kier molecular flexibility index (Phi) is 4.14. The van der Waals surface area contributed by atoms with E-state index in [4.69, 9.17) is 15.6 Å². The normalized spacial score (nSPS) is 12.2. The van der Waals surface area contributed by atoms with Crippen LogP contribution in [0.3, 0.4) is 0 Å². The summed E-state index contributed by atoms with van der Waals surface area (Å²) in [7, 11) is 0. The second kappa shape index (κ2) is 5.82. The molecule has 0 saturated heterocycles. The summed E-state index contributed by atoms with van der Waals surface area (Å²) in [5, 5.41) is 8.96. The fraction of sp³-hybridized carbons (Fsp3) is 0.200. The van der Waals surface area contributed by atoms with Gasteiger partial charge in [0, 0.05) is 11.6 Å². The minimum Gasteiger partial charge on any atom is -0.454 e. The molecule has 0 unspecified atom stereocenters. The van der Waals surface area contributed by atoms with Crippen molar-refractivity contribution in [2.75, 3.05) is 0 Å². The van der Waals surface area contributed by atoms with Crippen LogP contribution in [0.25, 0.3) is 0 Å². The van der Waals surface area contributed by atoms with Gasteiger partial charge in [-0.25, -0.2) is 4.39 Å². The quantitative estimate of drug-likeness (QED) is 0.889. The zero-order chi connectivity index (χ0) is 13.8. The molecule has 2 aromatic carbocycles. The Morgan fingerprint density at radius 2 is 1.89 bits per heavy atom. The molecule has 0 spiro atoms. The largest absolute Gasteiger partial charge is 0.454 e. The van der Waals surface area contributed by atoms with Crippen molar-refractivity contribution in [2.24, 2.45) is 5.73 Å². The summed E-state index contributed by atoms with van der Waals surface area (Å²) in [4.78, 5) is 0. The highest BCUT2D eigenvalue weighted by Gasteiger charge is 2.13. The minimum absolute atomic E-state index is 0.0366. The summed E-state index contributed by atoms with van der Waals surface area (Å²) in [5.41, 5.74) is 7.19. The van der Waals surface area contributed by atoms with Crippen molar-refractivity contribution in [3.63, 3.8) is 0 Å². The monoisotopic (exact) mass is 261 g/mol. The van der Waals surface area contributed by atoms with Gasteiger partial charge < -0.3 is 15.6 Å². The van der Waals surface area contributed by atoms with E-state index in [0.717, 1.165) is 5.56 Å². The van der Waals surface area contributed by atoms with Crippen molar-refractivity contribution in [1.29, 1.82) is 0 Å². The van der Waals surface area contributed by atoms with Crippen molar-refractivity contribution in [1.82, 2.24) is 0 Å². The molecule has 0 saturated carbocycles. The van der Waals surface area contributed by atoms with Crippen LogP contribution in [-0.2, 0) is 6.61 Å². The molecule has 0 bridgehead atoms. The zero-order valence-electron chi connectivity index (χ0n) is 10.6. The maximum absolute atomic E-state index is 13.8. The lowest BCUT2D eigenvalue weighted by Gasteiger charge is -2.14. The molecular formula is C15H16FNO2. The van der Waals surface area contributed by atoms with Gasteiger partial charge in [-0.3, -0.25) is 0 Å². The number of hydrogen-bond donors (Lipinski definition) is 2. The van der Waals surface area contributed by atoms with Gasteiger partial charge in [0.2, 0.25) is 0 Å². The first-order chi connectivity index (χ1) is 9.11. The van der Waals surface area contributed by atoms with E-state index >= 15 is 0 Å². The molecule has 19 heavy (non-hydrogen) atoms. The molecule has 2 rings (SSSR count). The van der Waals surface area contributed by atoms with E-state index in [1.165, 1.54) is 6.07 Å². The first-order valence-corrected chi connectivity index (χ1v) is 6.03. The summed E-state index contributed by atoms with van der Waals surface area (Å²) in [6, 6.07) is 11.2. The van der Waals surface area contributed by atoms with E-state index < -0.39 is 5.82 Å². The smallest absolute Gasteiger partial charge is 0.167 e. The van der Waals surface area contributed by atoms with Crippen LogP contribution >= 0.6 is 0 Å². The summed E-state index contributed by atoms with van der Waals surface area (Å²) >= 11 is 0. The Morgan fingerprint density at radius 1 is 1.21 bits per heavy atom. The number of aliphatic hydroxyl groups excluding tert-OH is 1. The molecule has 0 amide bonds. The molecule has 0 fully saturated rings. The SMILES string of the molecule is C[C@@H](N)c1cccc(F)c1Oc1ccc(CO)cc1. The van der Waals surface area contributed by atoms with Crippen molar-refractivity contribution in [3.05, 3.63) is 59.4 Å². The number of para-hydroxylation sites is 1. The molecule has 100 valence electrons. The lowest BCUT2D eigenvalue weighted by molar-refractivity contribution is 0.281. The van der Waals surface area contributed by atoms with Gasteiger partial charge in [-0.05, 0) is 30.7 Å². The van der Waals surface area contributed by atoms with Gasteiger partial charge in [0.25, 0.3) is 0 Å². The molecule has 3 nitrogen and oxygen atoms in total. The van der Waals surface area contributed by atoms with Gasteiger partial charge in [-0.2, -0.15) is 0 Å². The Morgan fingerprint density at radius 3 is 2.47 bits per heavy atom. The number of hydrogen-bond acceptors (Lipinski definition) is 3. The topological polar surface area (TPSA) is 55.5 Å². The van der Waals surface area contributed by atoms with Crippen LogP contribution in [0.2, 0.25) is 0 Å². The summed E-state index contributed by atoms with van der Waals surface area (Å²) < 4.78 is 19.4. The van der Waals surface area contributed by atoms with E-state index in [2.05, 4.69) is 0 Å². The van der Waals surface area contributed by atoms with Crippen LogP contribution in [-0.4, -0.2) is 5.11 Å². The predicted octanol–water partition coefficient (Wildman–Crippen LogP) is 3.13. The van der Waals surface area contributed by atoms with Gasteiger partial charge in [-0.15, -0.1) is 0 Å². The Hall–Kier alpha value is -1.91. The predicted molar refractivity (Wildman–Crippen MR) is 71.4 cm³/mol. The maximum atomic E-state index is 13.8. The fourth-order valence-corrected chi connectivity index (χ4v) is 1.77. The molecule has 0 aliphatic carbocycles. The number of halogens is 1. The van der Waals surface area contributed by atoms with E-state index in [1.807, 2.05) is 0 Å². The highest BCUT2D eigenvalue weighted by Crippen LogP contribution is 2.31. The third-order valence-electron chi connectivity index (χ3n) is 2.81.